The summed E-state index contributed by atoms with van der Waals surface area (Å²) in [5, 5.41) is 51.5. The maximum absolute atomic E-state index is 8.58. The number of nitriles is 6. The zero-order chi connectivity index (χ0) is 10.7. The molecule has 0 unspecified atom stereocenters. The fraction of sp³-hybridized carbons (Fsp3) is 0. The second-order valence-corrected chi connectivity index (χ2v) is 7.42. The van der Waals surface area contributed by atoms with Crippen molar-refractivity contribution in [3.05, 3.63) is 0 Å². The van der Waals surface area contributed by atoms with Crippen molar-refractivity contribution in [1.29, 1.82) is 31.6 Å². The second kappa shape index (κ2) is 3.15. The molecule has 0 radical (unpaired) electrons. The molecule has 0 amide bonds. The summed E-state index contributed by atoms with van der Waals surface area (Å²) in [4.78, 5) is 6.19. The minimum Gasteiger partial charge on any atom is 4.00 e. The van der Waals surface area contributed by atoms with Gasteiger partial charge in [0.15, 0.2) is 0 Å². The average Bonchev–Trinajstić information content (AvgIpc) is 2.26. The van der Waals surface area contributed by atoms with Crippen molar-refractivity contribution in [3.8, 4) is 29.8 Å². The molecule has 66 valence electrons. The van der Waals surface area contributed by atoms with Crippen LogP contribution in [0.5, 0.6) is 0 Å². The first-order chi connectivity index (χ1) is 5.97. The van der Waals surface area contributed by atoms with Gasteiger partial charge in [-0.05, 0) is 0 Å². The third kappa shape index (κ3) is 1.08. The fourth-order valence-corrected chi connectivity index (χ4v) is 1.09. The molecule has 0 saturated heterocycles. The smallest absolute Gasteiger partial charge is 4.00 e. The Morgan fingerprint density at radius 3 is 0.643 bits per heavy atom. The first kappa shape index (κ1) is 14.7. The van der Waals surface area contributed by atoms with E-state index >= 15 is 0 Å². The number of nitrogens with zero attached hydrogens (tertiary/aromatic N) is 6. The topological polar surface area (TPSA) is 143 Å². The molecule has 0 spiro atoms. The third-order valence-corrected chi connectivity index (χ3v) is 4.89. The average molecular weight is 260 g/mol. The zero-order valence-electron chi connectivity index (χ0n) is 6.54. The first-order valence-electron chi connectivity index (χ1n) is 2.40. The van der Waals surface area contributed by atoms with Crippen molar-refractivity contribution in [2.24, 2.45) is 0 Å². The van der Waals surface area contributed by atoms with Crippen LogP contribution in [0.4, 0.5) is 0 Å². The Labute approximate surface area is 93.6 Å². The van der Waals surface area contributed by atoms with Crippen molar-refractivity contribution in [1.82, 2.24) is 0 Å². The molecule has 0 aromatic carbocycles. The van der Waals surface area contributed by atoms with Gasteiger partial charge in [-0.2, -0.15) is 0 Å². The molecule has 0 aliphatic rings. The zero-order valence-corrected chi connectivity index (χ0v) is 9.20. The monoisotopic (exact) mass is 260 g/mol. The van der Waals surface area contributed by atoms with Gasteiger partial charge in [0.25, 0.3) is 0 Å². The van der Waals surface area contributed by atoms with Crippen LogP contribution in [0.2, 0.25) is 0 Å². The van der Waals surface area contributed by atoms with Gasteiger partial charge in [0.05, 0.1) is 0 Å². The van der Waals surface area contributed by atoms with E-state index in [0.29, 0.717) is 0 Å². The Morgan fingerprint density at radius 1 is 0.500 bits per heavy atom. The van der Waals surface area contributed by atoms with Crippen LogP contribution in [-0.4, -0.2) is 0 Å². The molecule has 0 atom stereocenters. The number of hydrogen-bond donors (Lipinski definition) is 0. The first-order valence-corrected chi connectivity index (χ1v) is 5.71. The van der Waals surface area contributed by atoms with Crippen molar-refractivity contribution < 1.29 is 32.5 Å². The maximum atomic E-state index is 8.58. The normalized spacial score (nSPS) is 12.4. The molecule has 0 aliphatic carbocycles. The van der Waals surface area contributed by atoms with E-state index in [2.05, 4.69) is 0 Å². The molecular formula is C6FeN6Ti. The largest absolute Gasteiger partial charge is 4.00 e. The van der Waals surface area contributed by atoms with Gasteiger partial charge >= 0.3 is 93.8 Å². The molecule has 6 nitrogen and oxygen atoms in total. The van der Waals surface area contributed by atoms with E-state index in [1.165, 1.54) is 0 Å². The molecule has 0 saturated carbocycles. The Morgan fingerprint density at radius 2 is 0.643 bits per heavy atom. The summed E-state index contributed by atoms with van der Waals surface area (Å²) in [6.07, 6.45) is 0. The summed E-state index contributed by atoms with van der Waals surface area (Å²) in [5.74, 6) is 0. The minimum absolute atomic E-state index is 0. The van der Waals surface area contributed by atoms with E-state index in [1.54, 1.807) is 0 Å². The number of hydrogen-bond acceptors (Lipinski definition) is 6. The van der Waals surface area contributed by atoms with E-state index in [9.17, 15) is 0 Å². The van der Waals surface area contributed by atoms with Crippen LogP contribution in [0.3, 0.4) is 0 Å². The quantitative estimate of drug-likeness (QED) is 0.564. The molecule has 0 N–H and O–H groups in total. The van der Waals surface area contributed by atoms with Gasteiger partial charge in [-0.15, -0.1) is 0 Å². The van der Waals surface area contributed by atoms with E-state index in [1.807, 2.05) is 0 Å². The van der Waals surface area contributed by atoms with Crippen molar-refractivity contribution in [3.63, 3.8) is 0 Å². The fourth-order valence-electron chi connectivity index (χ4n) is 0.265. The van der Waals surface area contributed by atoms with Gasteiger partial charge in [0.1, 0.15) is 0 Å². The van der Waals surface area contributed by atoms with Gasteiger partial charge in [-0.25, -0.2) is 0 Å². The van der Waals surface area contributed by atoms with Gasteiger partial charge in [-0.3, -0.25) is 0 Å². The van der Waals surface area contributed by atoms with E-state index in [0.717, 1.165) is 29.8 Å². The summed E-state index contributed by atoms with van der Waals surface area (Å²) in [6.45, 7) is 0. The summed E-state index contributed by atoms with van der Waals surface area (Å²) in [6, 6.07) is 0. The van der Waals surface area contributed by atoms with Gasteiger partial charge in [0.2, 0.25) is 0 Å². The predicted molar refractivity (Wildman–Crippen MR) is 33.7 cm³/mol. The van der Waals surface area contributed by atoms with E-state index in [-0.39, 0.29) is 21.7 Å². The minimum atomic E-state index is -6.17. The number of rotatable bonds is 0. The van der Waals surface area contributed by atoms with Crippen LogP contribution in [-0.2, 0) is 32.5 Å². The van der Waals surface area contributed by atoms with E-state index < -0.39 is 10.7 Å². The summed E-state index contributed by atoms with van der Waals surface area (Å²) >= 11 is 0. The SMILES string of the molecule is N#[C][Fe-4]([C]#N)([C]#N)([C]#N)([C]#N)[C]#N.[Ti+4]. The summed E-state index contributed by atoms with van der Waals surface area (Å²) < 4.78 is 0. The second-order valence-electron chi connectivity index (χ2n) is 1.80. The maximum Gasteiger partial charge on any atom is 4.00 e. The molecule has 0 heterocycles. The molecule has 0 rings (SSSR count). The van der Waals surface area contributed by atoms with Crippen molar-refractivity contribution >= 4 is 0 Å². The molecular weight excluding hydrogens is 260 g/mol. The van der Waals surface area contributed by atoms with Gasteiger partial charge in [-0.1, -0.05) is 0 Å². The molecule has 0 bridgehead atoms. The molecule has 0 fully saturated rings. The van der Waals surface area contributed by atoms with Crippen LogP contribution >= 0.6 is 0 Å². The molecule has 0 aromatic heterocycles. The van der Waals surface area contributed by atoms with Gasteiger partial charge < -0.3 is 0 Å². The van der Waals surface area contributed by atoms with Crippen LogP contribution < -0.4 is 0 Å². The van der Waals surface area contributed by atoms with Crippen LogP contribution in [0.1, 0.15) is 0 Å². The molecule has 14 heavy (non-hydrogen) atoms. The molecule has 8 heteroatoms. The third-order valence-electron chi connectivity index (χ3n) is 1.19. The Kier molecular flexibility index (Phi) is 3.30. The summed E-state index contributed by atoms with van der Waals surface area (Å²) in [7, 11) is -6.17. The predicted octanol–water partition coefficient (Wildman–Crippen LogP) is 0.0957. The molecule has 0 aliphatic heterocycles. The van der Waals surface area contributed by atoms with Crippen LogP contribution in [0.25, 0.3) is 0 Å². The Balaban J connectivity index is 0. The van der Waals surface area contributed by atoms with Crippen LogP contribution in [0, 0.1) is 61.4 Å². The molecule has 0 aromatic rings. The van der Waals surface area contributed by atoms with Gasteiger partial charge in [0, 0.05) is 0 Å². The Hall–Kier alpha value is -1.83. The Bertz CT molecular complexity index is 392. The van der Waals surface area contributed by atoms with Crippen molar-refractivity contribution in [2.75, 3.05) is 0 Å². The van der Waals surface area contributed by atoms with E-state index in [4.69, 9.17) is 31.6 Å². The van der Waals surface area contributed by atoms with Crippen LogP contribution in [0.15, 0.2) is 0 Å². The summed E-state index contributed by atoms with van der Waals surface area (Å²) in [5.41, 5.74) is 0. The standard InChI is InChI=1S/6CN.Fe.Ti/c6*1-2;;/q;;;;;;-4;+4. The van der Waals surface area contributed by atoms with Crippen molar-refractivity contribution in [2.45, 2.75) is 0 Å².